The molecule has 2 aromatic heterocycles. The standard InChI is InChI=1S/C20H31N5O2/c1-5-24-15(3)12-14(2)18(20(24)27)19-21-17(22-25(19)10-11-26)13-16-6-8-23(4)9-7-16/h12,16,26H,5-11,13H2,1-4H3. The van der Waals surface area contributed by atoms with Gasteiger partial charge in [0, 0.05) is 18.7 Å². The van der Waals surface area contributed by atoms with Crippen LogP contribution in [-0.2, 0) is 19.5 Å². The van der Waals surface area contributed by atoms with Gasteiger partial charge in [-0.05, 0) is 71.3 Å². The number of rotatable bonds is 6. The van der Waals surface area contributed by atoms with Gasteiger partial charge in [0.25, 0.3) is 5.56 Å². The topological polar surface area (TPSA) is 76.2 Å². The van der Waals surface area contributed by atoms with Crippen LogP contribution in [0.2, 0.25) is 0 Å². The molecule has 0 aliphatic carbocycles. The molecule has 0 bridgehead atoms. The van der Waals surface area contributed by atoms with Crippen LogP contribution in [0.15, 0.2) is 10.9 Å². The van der Waals surface area contributed by atoms with Crippen molar-refractivity contribution in [2.24, 2.45) is 5.92 Å². The van der Waals surface area contributed by atoms with Crippen LogP contribution in [0.4, 0.5) is 0 Å². The Balaban J connectivity index is 1.98. The molecular formula is C20H31N5O2. The van der Waals surface area contributed by atoms with E-state index in [1.54, 1.807) is 9.25 Å². The zero-order valence-corrected chi connectivity index (χ0v) is 16.9. The molecule has 0 radical (unpaired) electrons. The molecule has 0 unspecified atom stereocenters. The average Bonchev–Trinajstić information content (AvgIpc) is 2.99. The fraction of sp³-hybridized carbons (Fsp3) is 0.650. The fourth-order valence-electron chi connectivity index (χ4n) is 4.03. The Morgan fingerprint density at radius 3 is 2.59 bits per heavy atom. The summed E-state index contributed by atoms with van der Waals surface area (Å²) < 4.78 is 3.46. The lowest BCUT2D eigenvalue weighted by molar-refractivity contribution is 0.217. The molecule has 1 aliphatic rings. The molecular weight excluding hydrogens is 342 g/mol. The van der Waals surface area contributed by atoms with Gasteiger partial charge in [-0.1, -0.05) is 0 Å². The summed E-state index contributed by atoms with van der Waals surface area (Å²) in [4.78, 5) is 20.2. The van der Waals surface area contributed by atoms with Gasteiger partial charge in [-0.15, -0.1) is 0 Å². The van der Waals surface area contributed by atoms with E-state index in [9.17, 15) is 9.90 Å². The summed E-state index contributed by atoms with van der Waals surface area (Å²) in [5.74, 6) is 1.93. The van der Waals surface area contributed by atoms with Gasteiger partial charge in [0.05, 0.1) is 18.7 Å². The molecule has 0 aromatic carbocycles. The highest BCUT2D eigenvalue weighted by molar-refractivity contribution is 5.59. The molecule has 3 heterocycles. The first-order valence-electron chi connectivity index (χ1n) is 9.89. The van der Waals surface area contributed by atoms with E-state index >= 15 is 0 Å². The number of pyridine rings is 1. The normalized spacial score (nSPS) is 16.2. The number of aromatic nitrogens is 4. The summed E-state index contributed by atoms with van der Waals surface area (Å²) in [5, 5.41) is 14.1. The monoisotopic (exact) mass is 373 g/mol. The number of likely N-dealkylation sites (tertiary alicyclic amines) is 1. The SMILES string of the molecule is CCn1c(C)cc(C)c(-c2nc(CC3CCN(C)CC3)nn2CCO)c1=O. The van der Waals surface area contributed by atoms with Crippen LogP contribution in [0.3, 0.4) is 0 Å². The lowest BCUT2D eigenvalue weighted by Crippen LogP contribution is -2.31. The molecule has 1 N–H and O–H groups in total. The second-order valence-corrected chi connectivity index (χ2v) is 7.64. The number of nitrogens with zero attached hydrogens (tertiary/aromatic N) is 5. The van der Waals surface area contributed by atoms with Gasteiger partial charge < -0.3 is 14.6 Å². The van der Waals surface area contributed by atoms with Gasteiger partial charge in [0.1, 0.15) is 0 Å². The lowest BCUT2D eigenvalue weighted by atomic mass is 9.93. The van der Waals surface area contributed by atoms with Crippen LogP contribution in [0.5, 0.6) is 0 Å². The lowest BCUT2D eigenvalue weighted by Gasteiger charge is -2.28. The number of aliphatic hydroxyl groups excluding tert-OH is 1. The van der Waals surface area contributed by atoms with E-state index in [1.807, 2.05) is 26.8 Å². The summed E-state index contributed by atoms with van der Waals surface area (Å²) in [6, 6.07) is 2.02. The Kier molecular flexibility index (Phi) is 6.11. The van der Waals surface area contributed by atoms with Gasteiger partial charge in [-0.3, -0.25) is 4.79 Å². The third-order valence-electron chi connectivity index (χ3n) is 5.58. The van der Waals surface area contributed by atoms with E-state index in [0.29, 0.717) is 30.4 Å². The van der Waals surface area contributed by atoms with Crippen LogP contribution in [0.25, 0.3) is 11.4 Å². The predicted molar refractivity (Wildman–Crippen MR) is 106 cm³/mol. The fourth-order valence-corrected chi connectivity index (χ4v) is 4.03. The van der Waals surface area contributed by atoms with Crippen molar-refractivity contribution in [1.29, 1.82) is 0 Å². The van der Waals surface area contributed by atoms with Crippen LogP contribution in [-0.4, -0.2) is 56.1 Å². The maximum atomic E-state index is 13.0. The Hall–Kier alpha value is -1.99. The summed E-state index contributed by atoms with van der Waals surface area (Å²) in [5.41, 5.74) is 2.41. The minimum absolute atomic E-state index is 0.0309. The van der Waals surface area contributed by atoms with Gasteiger partial charge in [-0.2, -0.15) is 5.10 Å². The van der Waals surface area contributed by atoms with Gasteiger partial charge >= 0.3 is 0 Å². The number of piperidine rings is 1. The molecule has 0 saturated carbocycles. The Morgan fingerprint density at radius 2 is 1.96 bits per heavy atom. The minimum atomic E-state index is -0.0348. The molecule has 3 rings (SSSR count). The van der Waals surface area contributed by atoms with Crippen molar-refractivity contribution < 1.29 is 5.11 Å². The van der Waals surface area contributed by atoms with E-state index < -0.39 is 0 Å². The smallest absolute Gasteiger partial charge is 0.262 e. The molecule has 1 fully saturated rings. The van der Waals surface area contributed by atoms with E-state index in [1.165, 1.54) is 0 Å². The van der Waals surface area contributed by atoms with Crippen LogP contribution >= 0.6 is 0 Å². The van der Waals surface area contributed by atoms with Crippen molar-refractivity contribution in [3.05, 3.63) is 33.5 Å². The van der Waals surface area contributed by atoms with Gasteiger partial charge in [0.15, 0.2) is 11.6 Å². The first-order chi connectivity index (χ1) is 12.9. The first kappa shape index (κ1) is 19.8. The number of hydrogen-bond donors (Lipinski definition) is 1. The molecule has 2 aromatic rings. The number of aliphatic hydroxyl groups is 1. The molecule has 0 amide bonds. The largest absolute Gasteiger partial charge is 0.394 e. The van der Waals surface area contributed by atoms with E-state index in [0.717, 1.165) is 49.4 Å². The minimum Gasteiger partial charge on any atom is -0.394 e. The van der Waals surface area contributed by atoms with E-state index in [4.69, 9.17) is 4.98 Å². The highest BCUT2D eigenvalue weighted by atomic mass is 16.3. The van der Waals surface area contributed by atoms with Crippen molar-refractivity contribution in [1.82, 2.24) is 24.2 Å². The quantitative estimate of drug-likeness (QED) is 0.833. The average molecular weight is 374 g/mol. The van der Waals surface area contributed by atoms with Crippen molar-refractivity contribution in [3.63, 3.8) is 0 Å². The Bertz CT molecular complexity index is 847. The molecule has 0 atom stereocenters. The van der Waals surface area contributed by atoms with Crippen LogP contribution < -0.4 is 5.56 Å². The second kappa shape index (κ2) is 8.35. The van der Waals surface area contributed by atoms with Gasteiger partial charge in [0.2, 0.25) is 0 Å². The summed E-state index contributed by atoms with van der Waals surface area (Å²) in [7, 11) is 2.15. The third kappa shape index (κ3) is 4.14. The summed E-state index contributed by atoms with van der Waals surface area (Å²) in [6.45, 7) is 9.00. The maximum absolute atomic E-state index is 13.0. The third-order valence-corrected chi connectivity index (χ3v) is 5.58. The van der Waals surface area contributed by atoms with Crippen molar-refractivity contribution in [2.75, 3.05) is 26.7 Å². The summed E-state index contributed by atoms with van der Waals surface area (Å²) >= 11 is 0. The van der Waals surface area contributed by atoms with Crippen molar-refractivity contribution >= 4 is 0 Å². The van der Waals surface area contributed by atoms with E-state index in [-0.39, 0.29) is 12.2 Å². The zero-order valence-electron chi connectivity index (χ0n) is 16.9. The first-order valence-corrected chi connectivity index (χ1v) is 9.89. The van der Waals surface area contributed by atoms with Crippen LogP contribution in [0.1, 0.15) is 36.8 Å². The highest BCUT2D eigenvalue weighted by Gasteiger charge is 2.23. The molecule has 27 heavy (non-hydrogen) atoms. The maximum Gasteiger partial charge on any atom is 0.262 e. The molecule has 0 spiro atoms. The van der Waals surface area contributed by atoms with Crippen LogP contribution in [0, 0.1) is 19.8 Å². The van der Waals surface area contributed by atoms with Gasteiger partial charge in [-0.25, -0.2) is 9.67 Å². The molecule has 1 aliphatic heterocycles. The Morgan fingerprint density at radius 1 is 1.26 bits per heavy atom. The molecule has 148 valence electrons. The van der Waals surface area contributed by atoms with E-state index in [2.05, 4.69) is 17.0 Å². The molecule has 7 nitrogen and oxygen atoms in total. The van der Waals surface area contributed by atoms with Crippen molar-refractivity contribution in [3.8, 4) is 11.4 Å². The summed E-state index contributed by atoms with van der Waals surface area (Å²) in [6.07, 6.45) is 3.12. The molecule has 7 heteroatoms. The number of aryl methyl sites for hydroxylation is 2. The molecule has 1 saturated heterocycles. The zero-order chi connectivity index (χ0) is 19.6. The second-order valence-electron chi connectivity index (χ2n) is 7.64. The number of hydrogen-bond acceptors (Lipinski definition) is 5. The highest BCUT2D eigenvalue weighted by Crippen LogP contribution is 2.23. The van der Waals surface area contributed by atoms with Crippen molar-refractivity contribution in [2.45, 2.75) is 53.1 Å². The predicted octanol–water partition coefficient (Wildman–Crippen LogP) is 1.62. The Labute approximate surface area is 160 Å².